The van der Waals surface area contributed by atoms with Gasteiger partial charge in [-0.2, -0.15) is 0 Å². The smallest absolute Gasteiger partial charge is 0.322 e. The summed E-state index contributed by atoms with van der Waals surface area (Å²) in [5.74, 6) is -0.00889. The Labute approximate surface area is 117 Å². The number of allylic oxidation sites excluding steroid dienone is 1. The zero-order valence-corrected chi connectivity index (χ0v) is 11.3. The van der Waals surface area contributed by atoms with Crippen LogP contribution in [0.3, 0.4) is 0 Å². The van der Waals surface area contributed by atoms with Gasteiger partial charge in [-0.05, 0) is 25.0 Å². The van der Waals surface area contributed by atoms with Gasteiger partial charge in [0.25, 0.3) is 0 Å². The third kappa shape index (κ3) is 2.03. The zero-order chi connectivity index (χ0) is 14.1. The number of urea groups is 1. The number of benzene rings is 1. The number of hydrogen-bond donors (Lipinski definition) is 1. The van der Waals surface area contributed by atoms with Crippen LogP contribution in [0.5, 0.6) is 0 Å². The molecule has 0 spiro atoms. The first-order valence-corrected chi connectivity index (χ1v) is 6.73. The van der Waals surface area contributed by atoms with Crippen LogP contribution in [-0.2, 0) is 4.79 Å². The molecule has 20 heavy (non-hydrogen) atoms. The van der Waals surface area contributed by atoms with Gasteiger partial charge in [-0.15, -0.1) is 0 Å². The summed E-state index contributed by atoms with van der Waals surface area (Å²) in [4.78, 5) is 25.9. The van der Waals surface area contributed by atoms with Gasteiger partial charge in [-0.1, -0.05) is 36.4 Å². The van der Waals surface area contributed by atoms with Crippen molar-refractivity contribution in [3.63, 3.8) is 0 Å². The van der Waals surface area contributed by atoms with Gasteiger partial charge in [-0.25, -0.2) is 4.79 Å². The van der Waals surface area contributed by atoms with Gasteiger partial charge in [0, 0.05) is 12.1 Å². The Bertz CT molecular complexity index is 617. The molecule has 0 aliphatic carbocycles. The van der Waals surface area contributed by atoms with Gasteiger partial charge < -0.3 is 5.32 Å². The van der Waals surface area contributed by atoms with Crippen molar-refractivity contribution in [1.29, 1.82) is 0 Å². The minimum atomic E-state index is -0.366. The van der Waals surface area contributed by atoms with E-state index in [4.69, 9.17) is 0 Å². The van der Waals surface area contributed by atoms with Crippen molar-refractivity contribution in [2.45, 2.75) is 19.4 Å². The number of carbonyl (C=O) groups is 2. The number of ketones is 1. The lowest BCUT2D eigenvalue weighted by Gasteiger charge is -2.37. The fourth-order valence-electron chi connectivity index (χ4n) is 2.76. The Hall–Kier alpha value is -2.36. The molecule has 0 saturated carbocycles. The van der Waals surface area contributed by atoms with E-state index in [2.05, 4.69) is 5.32 Å². The Morgan fingerprint density at radius 1 is 1.30 bits per heavy atom. The van der Waals surface area contributed by atoms with E-state index in [1.165, 1.54) is 0 Å². The number of rotatable bonds is 2. The fourth-order valence-corrected chi connectivity index (χ4v) is 2.76. The maximum atomic E-state index is 12.2. The van der Waals surface area contributed by atoms with Crippen molar-refractivity contribution < 1.29 is 9.59 Å². The SMILES string of the molecule is CC(=O)C1=C2C=CCCN2C(=O)NC1c1ccccc1. The van der Waals surface area contributed by atoms with Crippen molar-refractivity contribution in [3.05, 3.63) is 59.3 Å². The lowest BCUT2D eigenvalue weighted by atomic mass is 9.91. The molecule has 1 unspecified atom stereocenters. The summed E-state index contributed by atoms with van der Waals surface area (Å²) < 4.78 is 0. The van der Waals surface area contributed by atoms with Crippen molar-refractivity contribution >= 4 is 11.8 Å². The van der Waals surface area contributed by atoms with Gasteiger partial charge in [0.05, 0.1) is 11.7 Å². The van der Waals surface area contributed by atoms with E-state index < -0.39 is 0 Å². The summed E-state index contributed by atoms with van der Waals surface area (Å²) in [6, 6.07) is 9.09. The summed E-state index contributed by atoms with van der Waals surface area (Å²) in [6.45, 7) is 2.17. The molecule has 4 heteroatoms. The zero-order valence-electron chi connectivity index (χ0n) is 11.3. The lowest BCUT2D eigenvalue weighted by molar-refractivity contribution is -0.114. The second-order valence-electron chi connectivity index (χ2n) is 4.99. The third-order valence-corrected chi connectivity index (χ3v) is 3.68. The molecule has 102 valence electrons. The van der Waals surface area contributed by atoms with Crippen molar-refractivity contribution in [3.8, 4) is 0 Å². The monoisotopic (exact) mass is 268 g/mol. The number of amides is 2. The number of fused-ring (bicyclic) bond motifs is 1. The molecule has 3 rings (SSSR count). The minimum absolute atomic E-state index is 0.00889. The molecule has 4 nitrogen and oxygen atoms in total. The first-order chi connectivity index (χ1) is 9.68. The molecule has 2 amide bonds. The number of carbonyl (C=O) groups excluding carboxylic acids is 2. The standard InChI is InChI=1S/C16H16N2O2/c1-11(19)14-13-9-5-6-10-18(13)16(20)17-15(14)12-7-3-2-4-8-12/h2-5,7-9,15H,6,10H2,1H3,(H,17,20). The van der Waals surface area contributed by atoms with E-state index in [9.17, 15) is 9.59 Å². The molecule has 0 saturated heterocycles. The van der Waals surface area contributed by atoms with Crippen LogP contribution in [0.15, 0.2) is 53.8 Å². The quantitative estimate of drug-likeness (QED) is 0.896. The van der Waals surface area contributed by atoms with Crippen LogP contribution in [0.2, 0.25) is 0 Å². The predicted octanol–water partition coefficient (Wildman–Crippen LogP) is 2.56. The summed E-state index contributed by atoms with van der Waals surface area (Å²) in [6.07, 6.45) is 4.71. The van der Waals surface area contributed by atoms with Crippen molar-refractivity contribution in [1.82, 2.24) is 10.2 Å². The second kappa shape index (κ2) is 4.96. The van der Waals surface area contributed by atoms with E-state index in [0.717, 1.165) is 17.7 Å². The fraction of sp³-hybridized carbons (Fsp3) is 0.250. The van der Waals surface area contributed by atoms with Crippen LogP contribution < -0.4 is 5.32 Å². The predicted molar refractivity (Wildman–Crippen MR) is 75.9 cm³/mol. The molecular weight excluding hydrogens is 252 g/mol. The number of hydrogen-bond acceptors (Lipinski definition) is 2. The molecule has 0 bridgehead atoms. The van der Waals surface area contributed by atoms with Crippen molar-refractivity contribution in [2.24, 2.45) is 0 Å². The molecule has 0 fully saturated rings. The second-order valence-corrected chi connectivity index (χ2v) is 4.99. The molecule has 1 aromatic rings. The normalized spacial score (nSPS) is 21.6. The van der Waals surface area contributed by atoms with E-state index in [1.54, 1.807) is 11.8 Å². The average Bonchev–Trinajstić information content (AvgIpc) is 2.47. The van der Waals surface area contributed by atoms with Crippen LogP contribution in [-0.4, -0.2) is 23.3 Å². The van der Waals surface area contributed by atoms with Crippen molar-refractivity contribution in [2.75, 3.05) is 6.54 Å². The average molecular weight is 268 g/mol. The molecular formula is C16H16N2O2. The Kier molecular flexibility index (Phi) is 3.14. The first kappa shape index (κ1) is 12.7. The van der Waals surface area contributed by atoms with E-state index in [1.807, 2.05) is 42.5 Å². The highest BCUT2D eigenvalue weighted by Gasteiger charge is 2.35. The molecule has 2 heterocycles. The van der Waals surface area contributed by atoms with Gasteiger partial charge in [0.2, 0.25) is 0 Å². The molecule has 2 aliphatic rings. The highest BCUT2D eigenvalue weighted by molar-refractivity contribution is 5.99. The minimum Gasteiger partial charge on any atom is -0.327 e. The summed E-state index contributed by atoms with van der Waals surface area (Å²) in [5.41, 5.74) is 2.32. The molecule has 1 atom stereocenters. The van der Waals surface area contributed by atoms with Crippen LogP contribution >= 0.6 is 0 Å². The summed E-state index contributed by atoms with van der Waals surface area (Å²) in [7, 11) is 0. The molecule has 0 radical (unpaired) electrons. The topological polar surface area (TPSA) is 49.4 Å². The number of nitrogens with one attached hydrogen (secondary N) is 1. The van der Waals surface area contributed by atoms with E-state index in [0.29, 0.717) is 12.1 Å². The largest absolute Gasteiger partial charge is 0.327 e. The highest BCUT2D eigenvalue weighted by atomic mass is 16.2. The maximum absolute atomic E-state index is 12.2. The molecule has 1 aromatic carbocycles. The highest BCUT2D eigenvalue weighted by Crippen LogP contribution is 2.33. The molecule has 1 N–H and O–H groups in total. The number of Topliss-reactive ketones (excluding diaryl/α,β-unsaturated/α-hetero) is 1. The van der Waals surface area contributed by atoms with Crippen LogP contribution in [0, 0.1) is 0 Å². The first-order valence-electron chi connectivity index (χ1n) is 6.73. The van der Waals surface area contributed by atoms with E-state index in [-0.39, 0.29) is 17.9 Å². The van der Waals surface area contributed by atoms with Crippen LogP contribution in [0.1, 0.15) is 24.9 Å². The third-order valence-electron chi connectivity index (χ3n) is 3.68. The molecule has 0 aromatic heterocycles. The van der Waals surface area contributed by atoms with Gasteiger partial charge in [-0.3, -0.25) is 9.69 Å². The van der Waals surface area contributed by atoms with E-state index >= 15 is 0 Å². The van der Waals surface area contributed by atoms with Gasteiger partial charge in [0.15, 0.2) is 5.78 Å². The Morgan fingerprint density at radius 2 is 2.05 bits per heavy atom. The maximum Gasteiger partial charge on any atom is 0.322 e. The van der Waals surface area contributed by atoms with Gasteiger partial charge >= 0.3 is 6.03 Å². The molecule has 2 aliphatic heterocycles. The summed E-state index contributed by atoms with van der Waals surface area (Å²) >= 11 is 0. The Morgan fingerprint density at radius 3 is 2.75 bits per heavy atom. The number of nitrogens with zero attached hydrogens (tertiary/aromatic N) is 1. The van der Waals surface area contributed by atoms with Crippen LogP contribution in [0.4, 0.5) is 4.79 Å². The Balaban J connectivity index is 2.15. The van der Waals surface area contributed by atoms with Crippen LogP contribution in [0.25, 0.3) is 0 Å². The van der Waals surface area contributed by atoms with Gasteiger partial charge in [0.1, 0.15) is 0 Å². The summed E-state index contributed by atoms with van der Waals surface area (Å²) in [5, 5.41) is 2.94. The lowest BCUT2D eigenvalue weighted by Crippen LogP contribution is -2.48.